The Labute approximate surface area is 148 Å². The molecule has 0 atom stereocenters. The molecule has 0 amide bonds. The quantitative estimate of drug-likeness (QED) is 0.576. The predicted octanol–water partition coefficient (Wildman–Crippen LogP) is 3.19. The van der Waals surface area contributed by atoms with Crippen LogP contribution in [0.15, 0.2) is 49.1 Å². The van der Waals surface area contributed by atoms with Gasteiger partial charge >= 0.3 is 0 Å². The summed E-state index contributed by atoms with van der Waals surface area (Å²) in [6.45, 7) is 0.838. The molecule has 126 valence electrons. The average molecular weight is 351 g/mol. The van der Waals surface area contributed by atoms with Gasteiger partial charge in [-0.1, -0.05) is 30.3 Å². The number of nitrogen functional groups attached to an aromatic ring is 1. The number of imidazole rings is 1. The third-order valence-electron chi connectivity index (χ3n) is 4.04. The molecule has 3 N–H and O–H groups in total. The van der Waals surface area contributed by atoms with Crippen LogP contribution in [-0.2, 0) is 6.54 Å². The molecular formula is C18H17N5OS. The Morgan fingerprint density at radius 2 is 1.96 bits per heavy atom. The van der Waals surface area contributed by atoms with Gasteiger partial charge in [0.05, 0.1) is 28.0 Å². The Morgan fingerprint density at radius 1 is 1.12 bits per heavy atom. The number of hydrogen-bond acceptors (Lipinski definition) is 6. The first kappa shape index (κ1) is 15.7. The van der Waals surface area contributed by atoms with Gasteiger partial charge < -0.3 is 15.4 Å². The van der Waals surface area contributed by atoms with E-state index in [1.54, 1.807) is 11.3 Å². The fourth-order valence-corrected chi connectivity index (χ4v) is 3.92. The number of nitrogens with zero attached hydrogens (tertiary/aromatic N) is 4. The van der Waals surface area contributed by atoms with Gasteiger partial charge in [-0.05, 0) is 12.5 Å². The van der Waals surface area contributed by atoms with Gasteiger partial charge in [0.15, 0.2) is 0 Å². The van der Waals surface area contributed by atoms with Crippen LogP contribution < -0.4 is 5.73 Å². The second-order valence-corrected chi connectivity index (χ2v) is 6.70. The summed E-state index contributed by atoms with van der Waals surface area (Å²) >= 11 is 1.57. The normalized spacial score (nSPS) is 11.2. The van der Waals surface area contributed by atoms with E-state index in [1.807, 2.05) is 42.7 Å². The van der Waals surface area contributed by atoms with Crippen LogP contribution in [0, 0.1) is 0 Å². The SMILES string of the molecule is Nc1ncnc2sc(-c3c(-c4ccccc4)ncn3CCCO)cc12. The van der Waals surface area contributed by atoms with Crippen LogP contribution in [0.2, 0.25) is 0 Å². The molecule has 0 fully saturated rings. The number of aryl methyl sites for hydroxylation is 1. The van der Waals surface area contributed by atoms with Crippen LogP contribution in [0.1, 0.15) is 6.42 Å². The lowest BCUT2D eigenvalue weighted by atomic mass is 10.1. The summed E-state index contributed by atoms with van der Waals surface area (Å²) in [7, 11) is 0. The van der Waals surface area contributed by atoms with Crippen molar-refractivity contribution >= 4 is 27.4 Å². The molecule has 4 rings (SSSR count). The third kappa shape index (κ3) is 2.88. The molecule has 3 aromatic heterocycles. The van der Waals surface area contributed by atoms with Crippen molar-refractivity contribution in [2.75, 3.05) is 12.3 Å². The highest BCUT2D eigenvalue weighted by Crippen LogP contribution is 2.38. The van der Waals surface area contributed by atoms with Crippen molar-refractivity contribution in [3.63, 3.8) is 0 Å². The molecule has 0 aliphatic heterocycles. The van der Waals surface area contributed by atoms with Crippen molar-refractivity contribution in [1.82, 2.24) is 19.5 Å². The smallest absolute Gasteiger partial charge is 0.135 e. The summed E-state index contributed by atoms with van der Waals surface area (Å²) in [5, 5.41) is 10.1. The third-order valence-corrected chi connectivity index (χ3v) is 5.09. The summed E-state index contributed by atoms with van der Waals surface area (Å²) in [6.07, 6.45) is 3.98. The second-order valence-electron chi connectivity index (χ2n) is 5.67. The molecule has 7 heteroatoms. The fourth-order valence-electron chi connectivity index (χ4n) is 2.85. The number of benzene rings is 1. The molecule has 0 radical (unpaired) electrons. The fraction of sp³-hybridized carbons (Fsp3) is 0.167. The summed E-state index contributed by atoms with van der Waals surface area (Å²) in [4.78, 5) is 14.9. The Hall–Kier alpha value is -2.77. The topological polar surface area (TPSA) is 89.9 Å². The van der Waals surface area contributed by atoms with E-state index in [1.165, 1.54) is 6.33 Å². The van der Waals surface area contributed by atoms with Gasteiger partial charge in [0.1, 0.15) is 17.0 Å². The second kappa shape index (κ2) is 6.62. The van der Waals surface area contributed by atoms with Crippen LogP contribution in [-0.4, -0.2) is 31.2 Å². The Balaban J connectivity index is 1.90. The average Bonchev–Trinajstić information content (AvgIpc) is 3.25. The molecule has 6 nitrogen and oxygen atoms in total. The standard InChI is InChI=1S/C18H17N5OS/c19-17-13-9-14(25-18(13)21-10-20-17)16-15(12-5-2-1-3-6-12)22-11-23(16)7-4-8-24/h1-3,5-6,9-11,24H,4,7-8H2,(H2,19,20,21). The summed E-state index contributed by atoms with van der Waals surface area (Å²) in [5.41, 5.74) is 8.97. The van der Waals surface area contributed by atoms with E-state index in [0.29, 0.717) is 18.8 Å². The summed E-state index contributed by atoms with van der Waals surface area (Å²) in [5.74, 6) is 0.482. The Morgan fingerprint density at radius 3 is 2.72 bits per heavy atom. The number of aliphatic hydroxyl groups is 1. The Bertz CT molecular complexity index is 1010. The minimum absolute atomic E-state index is 0.142. The van der Waals surface area contributed by atoms with E-state index in [9.17, 15) is 5.11 Å². The van der Waals surface area contributed by atoms with E-state index in [-0.39, 0.29) is 6.61 Å². The lowest BCUT2D eigenvalue weighted by Crippen LogP contribution is -2.00. The van der Waals surface area contributed by atoms with Gasteiger partial charge in [0, 0.05) is 18.7 Å². The van der Waals surface area contributed by atoms with Crippen molar-refractivity contribution in [1.29, 1.82) is 0 Å². The van der Waals surface area contributed by atoms with Crippen molar-refractivity contribution in [2.24, 2.45) is 0 Å². The maximum atomic E-state index is 9.20. The number of thiophene rings is 1. The largest absolute Gasteiger partial charge is 0.396 e. The van der Waals surface area contributed by atoms with E-state index in [4.69, 9.17) is 5.73 Å². The van der Waals surface area contributed by atoms with Gasteiger partial charge in [0.2, 0.25) is 0 Å². The minimum atomic E-state index is 0.142. The summed E-state index contributed by atoms with van der Waals surface area (Å²) in [6, 6.07) is 12.1. The number of fused-ring (bicyclic) bond motifs is 1. The molecule has 0 bridgehead atoms. The molecule has 0 unspecified atom stereocenters. The zero-order valence-electron chi connectivity index (χ0n) is 13.5. The molecule has 0 spiro atoms. The van der Waals surface area contributed by atoms with Crippen LogP contribution in [0.25, 0.3) is 32.0 Å². The predicted molar refractivity (Wildman–Crippen MR) is 100 cm³/mol. The van der Waals surface area contributed by atoms with E-state index in [0.717, 1.165) is 32.0 Å². The van der Waals surface area contributed by atoms with Gasteiger partial charge in [-0.25, -0.2) is 15.0 Å². The molecule has 0 saturated heterocycles. The highest BCUT2D eigenvalue weighted by Gasteiger charge is 2.18. The van der Waals surface area contributed by atoms with E-state index in [2.05, 4.69) is 19.5 Å². The van der Waals surface area contributed by atoms with Crippen LogP contribution in [0.4, 0.5) is 5.82 Å². The first-order chi connectivity index (χ1) is 12.3. The van der Waals surface area contributed by atoms with Crippen molar-refractivity contribution in [2.45, 2.75) is 13.0 Å². The lowest BCUT2D eigenvalue weighted by molar-refractivity contribution is 0.280. The zero-order valence-corrected chi connectivity index (χ0v) is 14.3. The number of aromatic nitrogens is 4. The first-order valence-electron chi connectivity index (χ1n) is 7.99. The maximum Gasteiger partial charge on any atom is 0.135 e. The molecule has 1 aromatic carbocycles. The Kier molecular flexibility index (Phi) is 4.17. The molecule has 25 heavy (non-hydrogen) atoms. The first-order valence-corrected chi connectivity index (χ1v) is 8.81. The maximum absolute atomic E-state index is 9.20. The monoisotopic (exact) mass is 351 g/mol. The number of rotatable bonds is 5. The number of aliphatic hydroxyl groups excluding tert-OH is 1. The molecule has 0 aliphatic rings. The van der Waals surface area contributed by atoms with Crippen molar-refractivity contribution in [3.05, 3.63) is 49.1 Å². The van der Waals surface area contributed by atoms with Crippen molar-refractivity contribution in [3.8, 4) is 21.8 Å². The van der Waals surface area contributed by atoms with Crippen molar-refractivity contribution < 1.29 is 5.11 Å². The van der Waals surface area contributed by atoms with Crippen LogP contribution in [0.5, 0.6) is 0 Å². The van der Waals surface area contributed by atoms with Gasteiger partial charge in [-0.15, -0.1) is 11.3 Å². The molecule has 4 aromatic rings. The molecule has 0 saturated carbocycles. The molecule has 0 aliphatic carbocycles. The zero-order chi connectivity index (χ0) is 17.2. The molecule has 3 heterocycles. The highest BCUT2D eigenvalue weighted by molar-refractivity contribution is 7.21. The summed E-state index contributed by atoms with van der Waals surface area (Å²) < 4.78 is 2.08. The number of nitrogens with two attached hydrogens (primary N) is 1. The van der Waals surface area contributed by atoms with Crippen LogP contribution >= 0.6 is 11.3 Å². The van der Waals surface area contributed by atoms with E-state index < -0.39 is 0 Å². The van der Waals surface area contributed by atoms with Crippen LogP contribution in [0.3, 0.4) is 0 Å². The minimum Gasteiger partial charge on any atom is -0.396 e. The van der Waals surface area contributed by atoms with Gasteiger partial charge in [-0.2, -0.15) is 0 Å². The van der Waals surface area contributed by atoms with Gasteiger partial charge in [-0.3, -0.25) is 0 Å². The molecular weight excluding hydrogens is 334 g/mol. The number of hydrogen-bond donors (Lipinski definition) is 2. The van der Waals surface area contributed by atoms with Gasteiger partial charge in [0.25, 0.3) is 0 Å². The van der Waals surface area contributed by atoms with E-state index >= 15 is 0 Å². The lowest BCUT2D eigenvalue weighted by Gasteiger charge is -2.08. The highest BCUT2D eigenvalue weighted by atomic mass is 32.1. The number of anilines is 1.